The van der Waals surface area contributed by atoms with E-state index in [0.717, 1.165) is 25.8 Å². The lowest BCUT2D eigenvalue weighted by molar-refractivity contribution is -0.126. The smallest absolute Gasteiger partial charge is 0.240 e. The third-order valence-corrected chi connectivity index (χ3v) is 4.03. The van der Waals surface area contributed by atoms with Gasteiger partial charge in [0.2, 0.25) is 5.91 Å². The molecule has 1 unspecified atom stereocenters. The van der Waals surface area contributed by atoms with Gasteiger partial charge >= 0.3 is 0 Å². The van der Waals surface area contributed by atoms with Crippen molar-refractivity contribution >= 4 is 5.91 Å². The van der Waals surface area contributed by atoms with Gasteiger partial charge in [0, 0.05) is 6.54 Å². The molecular weight excluding hydrogens is 212 g/mol. The van der Waals surface area contributed by atoms with Crippen molar-refractivity contribution in [1.29, 1.82) is 0 Å². The Kier molecular flexibility index (Phi) is 3.87. The molecular formula is C14H24N2O. The minimum atomic E-state index is -0.652. The molecule has 1 amide bonds. The topological polar surface area (TPSA) is 55.1 Å². The SMILES string of the molecule is CC(N)(C(=O)NCCC1=CCCCC1)C1CC1. The van der Waals surface area contributed by atoms with Crippen LogP contribution in [0.15, 0.2) is 11.6 Å². The number of amides is 1. The van der Waals surface area contributed by atoms with E-state index < -0.39 is 5.54 Å². The third kappa shape index (κ3) is 3.32. The van der Waals surface area contributed by atoms with Crippen molar-refractivity contribution in [2.75, 3.05) is 6.54 Å². The molecule has 0 aromatic carbocycles. The van der Waals surface area contributed by atoms with Gasteiger partial charge in [0.1, 0.15) is 0 Å². The number of nitrogens with one attached hydrogen (secondary N) is 1. The summed E-state index contributed by atoms with van der Waals surface area (Å²) >= 11 is 0. The molecule has 1 atom stereocenters. The molecule has 2 rings (SSSR count). The Balaban J connectivity index is 1.70. The molecule has 0 saturated heterocycles. The lowest BCUT2D eigenvalue weighted by atomic mass is 9.95. The first-order chi connectivity index (χ1) is 8.10. The lowest BCUT2D eigenvalue weighted by Gasteiger charge is -2.23. The van der Waals surface area contributed by atoms with Gasteiger partial charge in [0.15, 0.2) is 0 Å². The molecule has 3 nitrogen and oxygen atoms in total. The Bertz CT molecular complexity index is 316. The summed E-state index contributed by atoms with van der Waals surface area (Å²) in [5.41, 5.74) is 6.91. The average Bonchev–Trinajstić information content (AvgIpc) is 3.14. The fourth-order valence-corrected chi connectivity index (χ4v) is 2.53. The number of rotatable bonds is 5. The summed E-state index contributed by atoms with van der Waals surface area (Å²) in [5.74, 6) is 0.424. The van der Waals surface area contributed by atoms with E-state index in [2.05, 4.69) is 11.4 Å². The second-order valence-electron chi connectivity index (χ2n) is 5.67. The maximum absolute atomic E-state index is 11.9. The number of carbonyl (C=O) groups is 1. The fourth-order valence-electron chi connectivity index (χ4n) is 2.53. The normalized spacial score (nSPS) is 23.8. The summed E-state index contributed by atoms with van der Waals surface area (Å²) < 4.78 is 0. The Labute approximate surface area is 104 Å². The van der Waals surface area contributed by atoms with Crippen LogP contribution in [-0.4, -0.2) is 18.0 Å². The summed E-state index contributed by atoms with van der Waals surface area (Å²) in [6, 6.07) is 0. The fraction of sp³-hybridized carbons (Fsp3) is 0.786. The van der Waals surface area contributed by atoms with E-state index in [9.17, 15) is 4.79 Å². The van der Waals surface area contributed by atoms with Crippen molar-refractivity contribution in [3.63, 3.8) is 0 Å². The van der Waals surface area contributed by atoms with Gasteiger partial charge in [-0.15, -0.1) is 0 Å². The monoisotopic (exact) mass is 236 g/mol. The predicted octanol–water partition coefficient (Wildman–Crippen LogP) is 2.12. The van der Waals surface area contributed by atoms with Crippen molar-refractivity contribution in [2.45, 2.75) is 57.4 Å². The highest BCUT2D eigenvalue weighted by molar-refractivity contribution is 5.86. The molecule has 3 heteroatoms. The molecule has 17 heavy (non-hydrogen) atoms. The maximum Gasteiger partial charge on any atom is 0.240 e. The number of hydrogen-bond donors (Lipinski definition) is 2. The van der Waals surface area contributed by atoms with Gasteiger partial charge in [-0.25, -0.2) is 0 Å². The van der Waals surface area contributed by atoms with E-state index >= 15 is 0 Å². The third-order valence-electron chi connectivity index (χ3n) is 4.03. The number of carbonyl (C=O) groups excluding carboxylic acids is 1. The zero-order valence-corrected chi connectivity index (χ0v) is 10.8. The van der Waals surface area contributed by atoms with Crippen molar-refractivity contribution in [1.82, 2.24) is 5.32 Å². The molecule has 0 bridgehead atoms. The highest BCUT2D eigenvalue weighted by Gasteiger charge is 2.43. The molecule has 0 heterocycles. The first-order valence-electron chi connectivity index (χ1n) is 6.86. The van der Waals surface area contributed by atoms with E-state index in [-0.39, 0.29) is 5.91 Å². The number of nitrogens with two attached hydrogens (primary N) is 1. The van der Waals surface area contributed by atoms with Crippen LogP contribution in [-0.2, 0) is 4.79 Å². The van der Waals surface area contributed by atoms with E-state index in [4.69, 9.17) is 5.73 Å². The van der Waals surface area contributed by atoms with Crippen molar-refractivity contribution in [2.24, 2.45) is 11.7 Å². The highest BCUT2D eigenvalue weighted by atomic mass is 16.2. The maximum atomic E-state index is 11.9. The Morgan fingerprint density at radius 1 is 1.53 bits per heavy atom. The van der Waals surface area contributed by atoms with Crippen LogP contribution >= 0.6 is 0 Å². The van der Waals surface area contributed by atoms with E-state index in [0.29, 0.717) is 5.92 Å². The van der Waals surface area contributed by atoms with Crippen LogP contribution in [0.3, 0.4) is 0 Å². The van der Waals surface area contributed by atoms with Crippen molar-refractivity contribution < 1.29 is 4.79 Å². The van der Waals surface area contributed by atoms with Crippen LogP contribution in [0.1, 0.15) is 51.9 Å². The Morgan fingerprint density at radius 3 is 2.88 bits per heavy atom. The van der Waals surface area contributed by atoms with Crippen molar-refractivity contribution in [3.05, 3.63) is 11.6 Å². The molecule has 0 aliphatic heterocycles. The summed E-state index contributed by atoms with van der Waals surface area (Å²) in [5, 5.41) is 2.99. The van der Waals surface area contributed by atoms with Gasteiger partial charge in [-0.05, 0) is 57.8 Å². The molecule has 1 saturated carbocycles. The van der Waals surface area contributed by atoms with Gasteiger partial charge in [-0.1, -0.05) is 11.6 Å². The summed E-state index contributed by atoms with van der Waals surface area (Å²) in [4.78, 5) is 11.9. The number of allylic oxidation sites excluding steroid dienone is 1. The predicted molar refractivity (Wildman–Crippen MR) is 69.5 cm³/mol. The standard InChI is InChI=1S/C14H24N2O/c1-14(15,12-7-8-12)13(17)16-10-9-11-5-3-2-4-6-11/h5,12H,2-4,6-10,15H2,1H3,(H,16,17). The second-order valence-corrected chi connectivity index (χ2v) is 5.67. The van der Waals surface area contributed by atoms with Crippen LogP contribution in [0.5, 0.6) is 0 Å². The lowest BCUT2D eigenvalue weighted by Crippen LogP contribution is -2.53. The van der Waals surface area contributed by atoms with E-state index in [1.54, 1.807) is 0 Å². The van der Waals surface area contributed by atoms with Crippen LogP contribution in [0.4, 0.5) is 0 Å². The van der Waals surface area contributed by atoms with Crippen LogP contribution in [0.2, 0.25) is 0 Å². The van der Waals surface area contributed by atoms with Gasteiger partial charge in [-0.2, -0.15) is 0 Å². The van der Waals surface area contributed by atoms with Gasteiger partial charge in [0.05, 0.1) is 5.54 Å². The largest absolute Gasteiger partial charge is 0.354 e. The average molecular weight is 236 g/mol. The zero-order chi connectivity index (χ0) is 12.3. The molecule has 2 aliphatic carbocycles. The summed E-state index contributed by atoms with van der Waals surface area (Å²) in [7, 11) is 0. The van der Waals surface area contributed by atoms with E-state index in [1.165, 1.54) is 31.3 Å². The summed E-state index contributed by atoms with van der Waals surface area (Å²) in [6.45, 7) is 2.60. The molecule has 96 valence electrons. The van der Waals surface area contributed by atoms with Crippen LogP contribution < -0.4 is 11.1 Å². The first-order valence-corrected chi connectivity index (χ1v) is 6.86. The first kappa shape index (κ1) is 12.6. The molecule has 0 aromatic rings. The van der Waals surface area contributed by atoms with Crippen molar-refractivity contribution in [3.8, 4) is 0 Å². The minimum Gasteiger partial charge on any atom is -0.354 e. The molecule has 3 N–H and O–H groups in total. The minimum absolute atomic E-state index is 0.0245. The highest BCUT2D eigenvalue weighted by Crippen LogP contribution is 2.38. The Hall–Kier alpha value is -0.830. The zero-order valence-electron chi connectivity index (χ0n) is 10.8. The van der Waals surface area contributed by atoms with Gasteiger partial charge in [0.25, 0.3) is 0 Å². The van der Waals surface area contributed by atoms with E-state index in [1.807, 2.05) is 6.92 Å². The van der Waals surface area contributed by atoms with Gasteiger partial charge < -0.3 is 11.1 Å². The van der Waals surface area contributed by atoms with Crippen LogP contribution in [0.25, 0.3) is 0 Å². The number of hydrogen-bond acceptors (Lipinski definition) is 2. The molecule has 1 fully saturated rings. The van der Waals surface area contributed by atoms with Gasteiger partial charge in [-0.3, -0.25) is 4.79 Å². The summed E-state index contributed by atoms with van der Waals surface area (Å²) in [6.07, 6.45) is 10.6. The molecule has 0 spiro atoms. The Morgan fingerprint density at radius 2 is 2.29 bits per heavy atom. The molecule has 0 radical (unpaired) electrons. The quantitative estimate of drug-likeness (QED) is 0.718. The second kappa shape index (κ2) is 5.21. The molecule has 2 aliphatic rings. The molecule has 0 aromatic heterocycles. The van der Waals surface area contributed by atoms with Crippen LogP contribution in [0, 0.1) is 5.92 Å².